The Morgan fingerprint density at radius 1 is 1.45 bits per heavy atom. The zero-order chi connectivity index (χ0) is 14.7. The third kappa shape index (κ3) is 3.00. The average molecular weight is 296 g/mol. The Morgan fingerprint density at radius 3 is 2.60 bits per heavy atom. The van der Waals surface area contributed by atoms with Gasteiger partial charge in [-0.15, -0.1) is 11.3 Å². The lowest BCUT2D eigenvalue weighted by Crippen LogP contribution is -2.36. The average Bonchev–Trinajstić information content (AvgIpc) is 2.86. The summed E-state index contributed by atoms with van der Waals surface area (Å²) >= 11 is 1.26. The minimum absolute atomic E-state index is 0.0765. The van der Waals surface area contributed by atoms with Crippen LogP contribution in [0.4, 0.5) is 10.7 Å². The summed E-state index contributed by atoms with van der Waals surface area (Å²) in [7, 11) is 0. The van der Waals surface area contributed by atoms with Crippen molar-refractivity contribution in [2.24, 2.45) is 0 Å². The number of thiophene rings is 1. The highest BCUT2D eigenvalue weighted by molar-refractivity contribution is 7.18. The van der Waals surface area contributed by atoms with Gasteiger partial charge in [-0.2, -0.15) is 0 Å². The molecule has 1 aromatic rings. The lowest BCUT2D eigenvalue weighted by Gasteiger charge is -2.33. The van der Waals surface area contributed by atoms with E-state index in [0.29, 0.717) is 15.9 Å². The molecule has 1 saturated carbocycles. The van der Waals surface area contributed by atoms with Crippen LogP contribution in [-0.2, 0) is 0 Å². The van der Waals surface area contributed by atoms with E-state index in [4.69, 9.17) is 0 Å². The first-order chi connectivity index (χ1) is 9.54. The number of anilines is 1. The minimum Gasteiger partial charge on any atom is -0.355 e. The first-order valence-corrected chi connectivity index (χ1v) is 7.92. The van der Waals surface area contributed by atoms with E-state index < -0.39 is 0 Å². The second-order valence-electron chi connectivity index (χ2n) is 5.19. The predicted octanol–water partition coefficient (Wildman–Crippen LogP) is 4.02. The second kappa shape index (κ2) is 6.35. The van der Waals surface area contributed by atoms with Crippen molar-refractivity contribution in [1.29, 1.82) is 0 Å². The van der Waals surface area contributed by atoms with Crippen LogP contribution in [0.5, 0.6) is 0 Å². The van der Waals surface area contributed by atoms with Crippen molar-refractivity contribution in [2.45, 2.75) is 52.0 Å². The highest BCUT2D eigenvalue weighted by Crippen LogP contribution is 2.40. The van der Waals surface area contributed by atoms with Gasteiger partial charge >= 0.3 is 5.69 Å². The van der Waals surface area contributed by atoms with Gasteiger partial charge in [0.2, 0.25) is 0 Å². The summed E-state index contributed by atoms with van der Waals surface area (Å²) in [4.78, 5) is 24.9. The molecule has 0 radical (unpaired) electrons. The first kappa shape index (κ1) is 15.0. The fourth-order valence-corrected chi connectivity index (χ4v) is 4.00. The predicted molar refractivity (Wildman–Crippen MR) is 80.9 cm³/mol. The van der Waals surface area contributed by atoms with Crippen molar-refractivity contribution in [3.63, 3.8) is 0 Å². The van der Waals surface area contributed by atoms with Crippen LogP contribution < -0.4 is 4.90 Å². The van der Waals surface area contributed by atoms with E-state index in [1.807, 2.05) is 6.92 Å². The van der Waals surface area contributed by atoms with E-state index >= 15 is 0 Å². The Morgan fingerprint density at radius 2 is 2.10 bits per heavy atom. The van der Waals surface area contributed by atoms with Crippen LogP contribution in [0.3, 0.4) is 0 Å². The van der Waals surface area contributed by atoms with Crippen molar-refractivity contribution in [3.05, 3.63) is 21.1 Å². The van der Waals surface area contributed by atoms with Gasteiger partial charge in [-0.05, 0) is 26.7 Å². The second-order valence-corrected chi connectivity index (χ2v) is 6.22. The molecule has 1 heterocycles. The molecule has 1 fully saturated rings. The summed E-state index contributed by atoms with van der Waals surface area (Å²) in [5.41, 5.74) is 0.0765. The third-order valence-corrected chi connectivity index (χ3v) is 5.12. The van der Waals surface area contributed by atoms with Gasteiger partial charge in [-0.3, -0.25) is 14.9 Å². The number of nitrogens with zero attached hydrogens (tertiary/aromatic N) is 2. The number of ketones is 1. The maximum atomic E-state index is 11.5. The van der Waals surface area contributed by atoms with Gasteiger partial charge in [-0.1, -0.05) is 19.3 Å². The van der Waals surface area contributed by atoms with Crippen molar-refractivity contribution >= 4 is 27.8 Å². The van der Waals surface area contributed by atoms with Crippen LogP contribution in [0.2, 0.25) is 0 Å². The number of hydrogen-bond donors (Lipinski definition) is 0. The molecule has 20 heavy (non-hydrogen) atoms. The number of carbonyl (C=O) groups excluding carboxylic acids is 1. The van der Waals surface area contributed by atoms with E-state index in [-0.39, 0.29) is 16.4 Å². The Kier molecular flexibility index (Phi) is 4.75. The van der Waals surface area contributed by atoms with Gasteiger partial charge in [0.15, 0.2) is 10.8 Å². The number of hydrogen-bond acceptors (Lipinski definition) is 5. The molecule has 0 saturated heterocycles. The maximum Gasteiger partial charge on any atom is 0.304 e. The van der Waals surface area contributed by atoms with Crippen molar-refractivity contribution < 1.29 is 9.72 Å². The standard InChI is InChI=1S/C14H20N2O3S/c1-3-15(11-7-5-4-6-8-11)14-12(16(18)19)9-13(20-14)10(2)17/h9,11H,3-8H2,1-2H3. The van der Waals surface area contributed by atoms with Crippen LogP contribution in [0.25, 0.3) is 0 Å². The summed E-state index contributed by atoms with van der Waals surface area (Å²) in [6, 6.07) is 1.79. The summed E-state index contributed by atoms with van der Waals surface area (Å²) < 4.78 is 0. The van der Waals surface area contributed by atoms with Crippen LogP contribution in [0, 0.1) is 10.1 Å². The molecule has 5 nitrogen and oxygen atoms in total. The molecule has 0 aliphatic heterocycles. The smallest absolute Gasteiger partial charge is 0.304 e. The SMILES string of the molecule is CCN(c1sc(C(C)=O)cc1[N+](=O)[O-])C1CCCCC1. The van der Waals surface area contributed by atoms with Gasteiger partial charge in [0.05, 0.1) is 9.80 Å². The maximum absolute atomic E-state index is 11.5. The highest BCUT2D eigenvalue weighted by atomic mass is 32.1. The van der Waals surface area contributed by atoms with Crippen LogP contribution in [-0.4, -0.2) is 23.3 Å². The molecule has 1 aliphatic carbocycles. The zero-order valence-electron chi connectivity index (χ0n) is 11.9. The van der Waals surface area contributed by atoms with Gasteiger partial charge in [0.1, 0.15) is 0 Å². The lowest BCUT2D eigenvalue weighted by molar-refractivity contribution is -0.383. The van der Waals surface area contributed by atoms with Crippen LogP contribution >= 0.6 is 11.3 Å². The number of nitro groups is 1. The Labute approximate surface area is 122 Å². The van der Waals surface area contributed by atoms with Crippen molar-refractivity contribution in [2.75, 3.05) is 11.4 Å². The molecule has 110 valence electrons. The minimum atomic E-state index is -0.371. The van der Waals surface area contributed by atoms with Gasteiger partial charge in [0.25, 0.3) is 0 Å². The lowest BCUT2D eigenvalue weighted by atomic mass is 9.94. The van der Waals surface area contributed by atoms with Crippen molar-refractivity contribution in [3.8, 4) is 0 Å². The first-order valence-electron chi connectivity index (χ1n) is 7.10. The Bertz CT molecular complexity index is 507. The summed E-state index contributed by atoms with van der Waals surface area (Å²) in [5, 5.41) is 11.9. The summed E-state index contributed by atoms with van der Waals surface area (Å²) in [5.74, 6) is -0.107. The molecule has 6 heteroatoms. The molecule has 2 rings (SSSR count). The molecule has 1 aliphatic rings. The molecule has 0 unspecified atom stereocenters. The van der Waals surface area contributed by atoms with Crippen LogP contribution in [0.15, 0.2) is 6.07 Å². The number of rotatable bonds is 5. The van der Waals surface area contributed by atoms with E-state index in [2.05, 4.69) is 4.90 Å². The van der Waals surface area contributed by atoms with E-state index in [1.54, 1.807) is 0 Å². The largest absolute Gasteiger partial charge is 0.355 e. The van der Waals surface area contributed by atoms with E-state index in [0.717, 1.165) is 19.4 Å². The highest BCUT2D eigenvalue weighted by Gasteiger charge is 2.29. The Hall–Kier alpha value is -1.43. The fourth-order valence-electron chi connectivity index (χ4n) is 2.84. The molecular formula is C14H20N2O3S. The fraction of sp³-hybridized carbons (Fsp3) is 0.643. The number of carbonyl (C=O) groups is 1. The normalized spacial score (nSPS) is 16.1. The third-order valence-electron chi connectivity index (χ3n) is 3.85. The van der Waals surface area contributed by atoms with Gasteiger partial charge in [0, 0.05) is 18.7 Å². The molecule has 0 spiro atoms. The molecule has 1 aromatic heterocycles. The Balaban J connectivity index is 2.36. The summed E-state index contributed by atoms with van der Waals surface area (Å²) in [6.45, 7) is 4.21. The molecule has 0 atom stereocenters. The topological polar surface area (TPSA) is 63.5 Å². The quantitative estimate of drug-likeness (QED) is 0.468. The number of Topliss-reactive ketones (excluding diaryl/α,β-unsaturated/α-hetero) is 1. The molecule has 0 amide bonds. The molecule has 0 aromatic carbocycles. The van der Waals surface area contributed by atoms with E-state index in [1.165, 1.54) is 43.6 Å². The zero-order valence-corrected chi connectivity index (χ0v) is 12.7. The van der Waals surface area contributed by atoms with Gasteiger partial charge in [-0.25, -0.2) is 0 Å². The molecular weight excluding hydrogens is 276 g/mol. The molecule has 0 bridgehead atoms. The van der Waals surface area contributed by atoms with E-state index in [9.17, 15) is 14.9 Å². The molecule has 0 N–H and O–H groups in total. The monoisotopic (exact) mass is 296 g/mol. The van der Waals surface area contributed by atoms with Gasteiger partial charge < -0.3 is 4.90 Å². The van der Waals surface area contributed by atoms with Crippen LogP contribution in [0.1, 0.15) is 55.6 Å². The van der Waals surface area contributed by atoms with Crippen molar-refractivity contribution in [1.82, 2.24) is 0 Å². The summed E-state index contributed by atoms with van der Waals surface area (Å²) in [6.07, 6.45) is 5.77.